The highest BCUT2D eigenvalue weighted by Gasteiger charge is 2.44. The lowest BCUT2D eigenvalue weighted by atomic mass is 10.0. The zero-order valence-corrected chi connectivity index (χ0v) is 15.6. The van der Waals surface area contributed by atoms with Gasteiger partial charge in [-0.15, -0.1) is 10.2 Å². The molecule has 0 saturated carbocycles. The van der Waals surface area contributed by atoms with Gasteiger partial charge >= 0.3 is 6.18 Å². The van der Waals surface area contributed by atoms with Crippen LogP contribution in [0.2, 0.25) is 0 Å². The second kappa shape index (κ2) is 6.72. The van der Waals surface area contributed by atoms with Crippen molar-refractivity contribution in [3.8, 4) is 0 Å². The van der Waals surface area contributed by atoms with E-state index in [1.165, 1.54) is 12.1 Å². The number of hydrogen-bond donors (Lipinski definition) is 0. The van der Waals surface area contributed by atoms with Gasteiger partial charge in [-0.1, -0.05) is 12.1 Å². The average Bonchev–Trinajstić information content (AvgIpc) is 3.39. The average molecular weight is 407 g/mol. The van der Waals surface area contributed by atoms with E-state index in [9.17, 15) is 18.0 Å². The van der Waals surface area contributed by atoms with Gasteiger partial charge in [0.2, 0.25) is 5.82 Å². The number of hydrogen-bond acceptors (Lipinski definition) is 5. The van der Waals surface area contributed by atoms with Gasteiger partial charge in [-0.05, 0) is 12.1 Å². The molecule has 4 heterocycles. The van der Waals surface area contributed by atoms with Crippen molar-refractivity contribution in [3.63, 3.8) is 0 Å². The van der Waals surface area contributed by atoms with Crippen LogP contribution in [0.5, 0.6) is 0 Å². The highest BCUT2D eigenvalue weighted by atomic mass is 19.4. The quantitative estimate of drug-likeness (QED) is 0.763. The van der Waals surface area contributed by atoms with Crippen LogP contribution in [0.15, 0.2) is 24.3 Å². The van der Waals surface area contributed by atoms with Crippen LogP contribution in [0, 0.1) is 11.8 Å². The lowest BCUT2D eigenvalue weighted by Crippen LogP contribution is -2.35. The fraction of sp³-hybridized carbons (Fsp3) is 0.526. The summed E-state index contributed by atoms with van der Waals surface area (Å²) in [6, 6.07) is 5.69. The minimum atomic E-state index is -4.38. The molecule has 1 amide bonds. The topological polar surface area (TPSA) is 63.5 Å². The summed E-state index contributed by atoms with van der Waals surface area (Å²) in [4.78, 5) is 16.5. The summed E-state index contributed by atoms with van der Waals surface area (Å²) >= 11 is 0. The maximum absolute atomic E-state index is 13.4. The van der Waals surface area contributed by atoms with Crippen LogP contribution in [0.1, 0.15) is 22.0 Å². The molecule has 1 aromatic heterocycles. The molecule has 3 aliphatic rings. The van der Waals surface area contributed by atoms with Gasteiger partial charge in [0.15, 0.2) is 5.82 Å². The number of halogens is 3. The van der Waals surface area contributed by atoms with Crippen LogP contribution in [-0.2, 0) is 24.1 Å². The molecule has 3 aliphatic heterocycles. The minimum Gasteiger partial charge on any atom is -0.372 e. The molecule has 0 spiro atoms. The zero-order chi connectivity index (χ0) is 20.2. The van der Waals surface area contributed by atoms with Gasteiger partial charge in [-0.25, -0.2) is 0 Å². The lowest BCUT2D eigenvalue weighted by molar-refractivity contribution is -0.137. The van der Waals surface area contributed by atoms with Crippen LogP contribution in [-0.4, -0.2) is 58.4 Å². The third-order valence-electron chi connectivity index (χ3n) is 6.03. The first-order chi connectivity index (χ1) is 13.9. The predicted molar refractivity (Wildman–Crippen MR) is 96.2 cm³/mol. The Morgan fingerprint density at radius 3 is 2.52 bits per heavy atom. The van der Waals surface area contributed by atoms with Crippen LogP contribution in [0.4, 0.5) is 18.9 Å². The fourth-order valence-electron chi connectivity index (χ4n) is 4.64. The van der Waals surface area contributed by atoms with E-state index in [2.05, 4.69) is 10.2 Å². The number of amides is 1. The van der Waals surface area contributed by atoms with E-state index in [-0.39, 0.29) is 23.4 Å². The number of rotatable bonds is 2. The minimum absolute atomic E-state index is 0.146. The lowest BCUT2D eigenvalue weighted by Gasteiger charge is -2.26. The summed E-state index contributed by atoms with van der Waals surface area (Å²) in [6.45, 7) is 3.47. The number of benzene rings is 1. The number of anilines is 1. The van der Waals surface area contributed by atoms with E-state index >= 15 is 0 Å². The van der Waals surface area contributed by atoms with Gasteiger partial charge in [-0.2, -0.15) is 13.2 Å². The van der Waals surface area contributed by atoms with Crippen molar-refractivity contribution >= 4 is 11.6 Å². The van der Waals surface area contributed by atoms with Crippen molar-refractivity contribution in [2.75, 3.05) is 37.7 Å². The normalized spacial score (nSPS) is 24.0. The Hall–Kier alpha value is -2.62. The van der Waals surface area contributed by atoms with E-state index in [0.717, 1.165) is 6.07 Å². The largest absolute Gasteiger partial charge is 0.418 e. The van der Waals surface area contributed by atoms with Crippen molar-refractivity contribution < 1.29 is 22.7 Å². The van der Waals surface area contributed by atoms with Gasteiger partial charge in [0.1, 0.15) is 6.61 Å². The maximum Gasteiger partial charge on any atom is 0.418 e. The van der Waals surface area contributed by atoms with E-state index in [4.69, 9.17) is 4.74 Å². The predicted octanol–water partition coefficient (Wildman–Crippen LogP) is 2.04. The van der Waals surface area contributed by atoms with E-state index in [1.807, 2.05) is 0 Å². The number of aromatic nitrogens is 3. The molecule has 2 unspecified atom stereocenters. The molecule has 154 valence electrons. The monoisotopic (exact) mass is 407 g/mol. The van der Waals surface area contributed by atoms with E-state index in [0.29, 0.717) is 57.6 Å². The fourth-order valence-corrected chi connectivity index (χ4v) is 4.64. The molecule has 0 radical (unpaired) electrons. The molecule has 0 bridgehead atoms. The summed E-state index contributed by atoms with van der Waals surface area (Å²) in [5.74, 6) is 1.10. The number of fused-ring (bicyclic) bond motifs is 2. The number of likely N-dealkylation sites (tertiary alicyclic amines) is 1. The molecule has 7 nitrogen and oxygen atoms in total. The van der Waals surface area contributed by atoms with E-state index in [1.54, 1.807) is 20.4 Å². The van der Waals surface area contributed by atoms with Crippen molar-refractivity contribution in [3.05, 3.63) is 41.5 Å². The standard InChI is InChI=1S/C19H20F3N5O2/c20-19(21,22)14-3-1-2-4-15(14)25-7-12-9-26(10-13(12)8-25)18(28)17-24-23-16-11-29-6-5-27(16)17/h1-4,12-13H,5-11H2. The van der Waals surface area contributed by atoms with Gasteiger partial charge in [-0.3, -0.25) is 4.79 Å². The molecule has 5 rings (SSSR count). The Labute approximate surface area is 165 Å². The number of ether oxygens (including phenoxy) is 1. The summed E-state index contributed by atoms with van der Waals surface area (Å²) in [7, 11) is 0. The number of nitrogens with zero attached hydrogens (tertiary/aromatic N) is 5. The second-order valence-corrected chi connectivity index (χ2v) is 7.79. The zero-order valence-electron chi connectivity index (χ0n) is 15.6. The van der Waals surface area contributed by atoms with Crippen molar-refractivity contribution in [2.45, 2.75) is 19.3 Å². The smallest absolute Gasteiger partial charge is 0.372 e. The molecular weight excluding hydrogens is 387 g/mol. The molecule has 2 saturated heterocycles. The first-order valence-electron chi connectivity index (χ1n) is 9.62. The number of carbonyl (C=O) groups excluding carboxylic acids is 1. The van der Waals surface area contributed by atoms with Crippen LogP contribution in [0.3, 0.4) is 0 Å². The molecular formula is C19H20F3N5O2. The van der Waals surface area contributed by atoms with Crippen molar-refractivity contribution in [1.29, 1.82) is 0 Å². The summed E-state index contributed by atoms with van der Waals surface area (Å²) in [5, 5.41) is 8.08. The highest BCUT2D eigenvalue weighted by Crippen LogP contribution is 2.40. The Morgan fingerprint density at radius 1 is 1.07 bits per heavy atom. The second-order valence-electron chi connectivity index (χ2n) is 7.79. The highest BCUT2D eigenvalue weighted by molar-refractivity contribution is 5.91. The van der Waals surface area contributed by atoms with Crippen LogP contribution >= 0.6 is 0 Å². The first kappa shape index (κ1) is 18.4. The van der Waals surface area contributed by atoms with E-state index < -0.39 is 11.7 Å². The maximum atomic E-state index is 13.4. The van der Waals surface area contributed by atoms with Gasteiger partial charge in [0.05, 0.1) is 12.2 Å². The Kier molecular flexibility index (Phi) is 4.27. The Balaban J connectivity index is 1.30. The van der Waals surface area contributed by atoms with Crippen molar-refractivity contribution in [2.24, 2.45) is 11.8 Å². The van der Waals surface area contributed by atoms with Gasteiger partial charge in [0, 0.05) is 50.2 Å². The molecule has 0 N–H and O–H groups in total. The molecule has 29 heavy (non-hydrogen) atoms. The first-order valence-corrected chi connectivity index (χ1v) is 9.62. The number of para-hydroxylation sites is 1. The summed E-state index contributed by atoms with van der Waals surface area (Å²) < 4.78 is 47.2. The summed E-state index contributed by atoms with van der Waals surface area (Å²) in [5.41, 5.74) is -0.385. The number of carbonyl (C=O) groups is 1. The number of alkyl halides is 3. The van der Waals surface area contributed by atoms with Gasteiger partial charge < -0.3 is 19.1 Å². The third kappa shape index (κ3) is 3.15. The molecule has 10 heteroatoms. The van der Waals surface area contributed by atoms with Crippen LogP contribution < -0.4 is 4.90 Å². The molecule has 2 fully saturated rings. The Morgan fingerprint density at radius 2 is 1.79 bits per heavy atom. The molecule has 0 aliphatic carbocycles. The van der Waals surface area contributed by atoms with Gasteiger partial charge in [0.25, 0.3) is 5.91 Å². The third-order valence-corrected chi connectivity index (χ3v) is 6.03. The molecule has 1 aromatic carbocycles. The van der Waals surface area contributed by atoms with Crippen molar-refractivity contribution in [1.82, 2.24) is 19.7 Å². The molecule has 2 aromatic rings. The summed E-state index contributed by atoms with van der Waals surface area (Å²) in [6.07, 6.45) is -4.38. The SMILES string of the molecule is O=C(c1nnc2n1CCOC2)N1CC2CN(c3ccccc3C(F)(F)F)CC2C1. The molecule has 2 atom stereocenters. The van der Waals surface area contributed by atoms with Crippen LogP contribution in [0.25, 0.3) is 0 Å². The Bertz CT molecular complexity index is 930.